The van der Waals surface area contributed by atoms with Crippen molar-refractivity contribution >= 4 is 28.4 Å². The Kier molecular flexibility index (Phi) is 15.7. The molecule has 0 radical (unpaired) electrons. The number of hydrogen-bond acceptors (Lipinski definition) is 7. The van der Waals surface area contributed by atoms with Crippen molar-refractivity contribution in [1.82, 2.24) is 0 Å². The molecule has 0 bridgehead atoms. The second-order valence-corrected chi connectivity index (χ2v) is 9.27. The number of nitriles is 2. The molecule has 0 fully saturated rings. The minimum Gasteiger partial charge on any atom is -0.399 e. The standard InChI is InChI=1S/2C7H5FN2.C7H8FN.C7H9N.C6H5F2N/c8-7-2-1-6(10)3-5(7)4-9;8-7-5(4-9)2-1-3-6(7)10;1-5-4-6(9)2-3-7(5)8;1-6-3-2-4-7(8)5-6;7-5-2-1-4(9)3-6(5)8/h2*1-3H,10H2;2-4H,9H2,1H3;2-5H,8H2,1H3;1-3H,9H2. The first-order valence-corrected chi connectivity index (χ1v) is 13.1. The number of nitrogen functional groups attached to an aromatic ring is 5. The molecule has 0 aliphatic carbocycles. The second kappa shape index (κ2) is 19.1. The van der Waals surface area contributed by atoms with Crippen molar-refractivity contribution in [3.8, 4) is 12.1 Å². The molecule has 5 aromatic rings. The largest absolute Gasteiger partial charge is 0.399 e. The van der Waals surface area contributed by atoms with Crippen LogP contribution in [0.15, 0.2) is 97.1 Å². The molecule has 5 aromatic carbocycles. The highest BCUT2D eigenvalue weighted by Gasteiger charge is 2.02. The van der Waals surface area contributed by atoms with Gasteiger partial charge in [0.2, 0.25) is 0 Å². The fourth-order valence-corrected chi connectivity index (χ4v) is 3.12. The van der Waals surface area contributed by atoms with E-state index in [4.69, 9.17) is 39.2 Å². The Morgan fingerprint density at radius 2 is 0.978 bits per heavy atom. The molecule has 0 aromatic heterocycles. The summed E-state index contributed by atoms with van der Waals surface area (Å²) in [4.78, 5) is 0. The zero-order chi connectivity index (χ0) is 34.8. The van der Waals surface area contributed by atoms with Crippen LogP contribution in [-0.4, -0.2) is 0 Å². The van der Waals surface area contributed by atoms with Crippen molar-refractivity contribution < 1.29 is 22.0 Å². The van der Waals surface area contributed by atoms with Gasteiger partial charge in [0.05, 0.1) is 16.8 Å². The van der Waals surface area contributed by atoms with E-state index in [0.717, 1.165) is 17.8 Å². The number of hydrogen-bond donors (Lipinski definition) is 5. The quantitative estimate of drug-likeness (QED) is 0.0871. The van der Waals surface area contributed by atoms with Gasteiger partial charge in [-0.25, -0.2) is 22.0 Å². The van der Waals surface area contributed by atoms with Crippen LogP contribution in [0, 0.1) is 65.6 Å². The van der Waals surface area contributed by atoms with E-state index < -0.39 is 23.3 Å². The van der Waals surface area contributed by atoms with Crippen LogP contribution in [0.3, 0.4) is 0 Å². The number of aryl methyl sites for hydroxylation is 2. The van der Waals surface area contributed by atoms with Gasteiger partial charge in [0.25, 0.3) is 0 Å². The Hall–Kier alpha value is -6.27. The van der Waals surface area contributed by atoms with Gasteiger partial charge in [0.15, 0.2) is 17.5 Å². The fraction of sp³-hybridized carbons (Fsp3) is 0.0588. The second-order valence-electron chi connectivity index (χ2n) is 9.27. The number of nitrogens with two attached hydrogens (primary N) is 5. The first-order valence-electron chi connectivity index (χ1n) is 13.1. The number of nitrogens with zero attached hydrogens (tertiary/aromatic N) is 2. The maximum Gasteiger partial charge on any atom is 0.163 e. The Morgan fingerprint density at radius 1 is 0.478 bits per heavy atom. The topological polar surface area (TPSA) is 178 Å². The summed E-state index contributed by atoms with van der Waals surface area (Å²) < 4.78 is 61.8. The molecule has 7 nitrogen and oxygen atoms in total. The zero-order valence-corrected chi connectivity index (χ0v) is 24.9. The summed E-state index contributed by atoms with van der Waals surface area (Å²) >= 11 is 0. The van der Waals surface area contributed by atoms with E-state index in [2.05, 4.69) is 0 Å². The van der Waals surface area contributed by atoms with E-state index in [1.54, 1.807) is 31.2 Å². The SMILES string of the molecule is Cc1cc(N)ccc1F.Cc1cccc(N)c1.N#Cc1cc(N)ccc1F.N#Cc1cccc(N)c1F.Nc1ccc(F)c(F)c1. The van der Waals surface area contributed by atoms with Gasteiger partial charge in [0, 0.05) is 22.7 Å². The van der Waals surface area contributed by atoms with E-state index in [1.165, 1.54) is 54.1 Å². The number of rotatable bonds is 0. The molecule has 0 spiro atoms. The van der Waals surface area contributed by atoms with Crippen molar-refractivity contribution in [3.05, 3.63) is 148 Å². The summed E-state index contributed by atoms with van der Waals surface area (Å²) in [6.07, 6.45) is 0. The van der Waals surface area contributed by atoms with Gasteiger partial charge in [-0.15, -0.1) is 0 Å². The van der Waals surface area contributed by atoms with Gasteiger partial charge in [-0.05, 0) is 104 Å². The lowest BCUT2D eigenvalue weighted by Gasteiger charge is -1.95. The van der Waals surface area contributed by atoms with Crippen molar-refractivity contribution in [3.63, 3.8) is 0 Å². The smallest absolute Gasteiger partial charge is 0.163 e. The fourth-order valence-electron chi connectivity index (χ4n) is 3.12. The van der Waals surface area contributed by atoms with Crippen LogP contribution in [0.2, 0.25) is 0 Å². The van der Waals surface area contributed by atoms with Gasteiger partial charge >= 0.3 is 0 Å². The summed E-state index contributed by atoms with van der Waals surface area (Å²) in [6.45, 7) is 3.71. The average Bonchev–Trinajstić information content (AvgIpc) is 3.01. The maximum absolute atomic E-state index is 12.7. The van der Waals surface area contributed by atoms with Crippen LogP contribution < -0.4 is 28.7 Å². The number of benzene rings is 5. The lowest BCUT2D eigenvalue weighted by Crippen LogP contribution is -1.92. The van der Waals surface area contributed by atoms with Crippen LogP contribution in [-0.2, 0) is 0 Å². The van der Waals surface area contributed by atoms with E-state index in [-0.39, 0.29) is 28.3 Å². The van der Waals surface area contributed by atoms with E-state index in [1.807, 2.05) is 31.2 Å². The minimum atomic E-state index is -0.907. The highest BCUT2D eigenvalue weighted by Crippen LogP contribution is 2.13. The van der Waals surface area contributed by atoms with Crippen LogP contribution in [0.5, 0.6) is 0 Å². The monoisotopic (exact) mass is 633 g/mol. The molecule has 12 heteroatoms. The van der Waals surface area contributed by atoms with Crippen LogP contribution in [0.25, 0.3) is 0 Å². The Morgan fingerprint density at radius 3 is 1.39 bits per heavy atom. The molecule has 238 valence electrons. The molecule has 0 unspecified atom stereocenters. The normalized spacial score (nSPS) is 9.15. The minimum absolute atomic E-state index is 0.0130. The van der Waals surface area contributed by atoms with Gasteiger partial charge in [-0.3, -0.25) is 0 Å². The first-order chi connectivity index (χ1) is 21.7. The Balaban J connectivity index is 0.000000288. The van der Waals surface area contributed by atoms with Gasteiger partial charge < -0.3 is 28.7 Å². The predicted octanol–water partition coefficient (Wildman–Crippen LogP) is 7.40. The molecule has 0 amide bonds. The molecule has 10 N–H and O–H groups in total. The molecule has 0 saturated heterocycles. The van der Waals surface area contributed by atoms with Crippen LogP contribution >= 0.6 is 0 Å². The predicted molar refractivity (Wildman–Crippen MR) is 173 cm³/mol. The van der Waals surface area contributed by atoms with Crippen molar-refractivity contribution in [2.45, 2.75) is 13.8 Å². The summed E-state index contributed by atoms with van der Waals surface area (Å²) in [6, 6.07) is 27.1. The molecule has 0 saturated carbocycles. The molecular weight excluding hydrogens is 601 g/mol. The number of halogens is 5. The van der Waals surface area contributed by atoms with Gasteiger partial charge in [0.1, 0.15) is 23.8 Å². The molecular formula is C34H32F5N7. The first kappa shape index (κ1) is 37.8. The van der Waals surface area contributed by atoms with Crippen molar-refractivity contribution in [2.24, 2.45) is 0 Å². The Labute approximate surface area is 263 Å². The molecule has 46 heavy (non-hydrogen) atoms. The van der Waals surface area contributed by atoms with Crippen molar-refractivity contribution in [2.75, 3.05) is 28.7 Å². The molecule has 0 aliphatic rings. The van der Waals surface area contributed by atoms with Gasteiger partial charge in [-0.2, -0.15) is 10.5 Å². The lowest BCUT2D eigenvalue weighted by atomic mass is 10.2. The molecule has 0 aliphatic heterocycles. The average molecular weight is 634 g/mol. The van der Waals surface area contributed by atoms with E-state index >= 15 is 0 Å². The highest BCUT2D eigenvalue weighted by atomic mass is 19.2. The molecule has 5 rings (SSSR count). The number of anilines is 5. The summed E-state index contributed by atoms with van der Waals surface area (Å²) in [5.74, 6) is -3.15. The lowest BCUT2D eigenvalue weighted by molar-refractivity contribution is 0.509. The van der Waals surface area contributed by atoms with Crippen LogP contribution in [0.1, 0.15) is 22.3 Å². The summed E-state index contributed by atoms with van der Waals surface area (Å²) in [7, 11) is 0. The molecule has 0 atom stereocenters. The summed E-state index contributed by atoms with van der Waals surface area (Å²) in [5.41, 5.74) is 30.3. The third kappa shape index (κ3) is 13.8. The third-order valence-electron chi connectivity index (χ3n) is 5.43. The maximum atomic E-state index is 12.7. The third-order valence-corrected chi connectivity index (χ3v) is 5.43. The van der Waals surface area contributed by atoms with E-state index in [9.17, 15) is 22.0 Å². The van der Waals surface area contributed by atoms with Crippen LogP contribution in [0.4, 0.5) is 50.4 Å². The Bertz CT molecular complexity index is 1740. The zero-order valence-electron chi connectivity index (χ0n) is 24.9. The summed E-state index contributed by atoms with van der Waals surface area (Å²) in [5, 5.41) is 16.6. The molecule has 0 heterocycles. The van der Waals surface area contributed by atoms with Gasteiger partial charge in [-0.1, -0.05) is 18.2 Å². The van der Waals surface area contributed by atoms with E-state index in [0.29, 0.717) is 16.9 Å². The van der Waals surface area contributed by atoms with Crippen molar-refractivity contribution in [1.29, 1.82) is 10.5 Å². The highest BCUT2D eigenvalue weighted by molar-refractivity contribution is 5.47.